The number of anilines is 1. The summed E-state index contributed by atoms with van der Waals surface area (Å²) in [7, 11) is 0. The lowest BCUT2D eigenvalue weighted by Gasteiger charge is -2.00. The fraction of sp³-hybridized carbons (Fsp3) is 0.286. The molecule has 2 aromatic rings. The van der Waals surface area contributed by atoms with E-state index in [0.29, 0.717) is 16.6 Å². The molecule has 1 atom stereocenters. The lowest BCUT2D eigenvalue weighted by Crippen LogP contribution is -2.16. The molecule has 21 heavy (non-hydrogen) atoms. The smallest absolute Gasteiger partial charge is 0.232 e. The SMILES string of the molecule is O=C(Nc1ncc(Cc2ccc(Cl)cc2)s1)C1CC1(Cl)Cl. The fourth-order valence-corrected chi connectivity index (χ4v) is 3.42. The molecule has 3 nitrogen and oxygen atoms in total. The minimum absolute atomic E-state index is 0.174. The number of aromatic nitrogens is 1. The quantitative estimate of drug-likeness (QED) is 0.814. The van der Waals surface area contributed by atoms with E-state index < -0.39 is 4.33 Å². The van der Waals surface area contributed by atoms with E-state index in [1.165, 1.54) is 11.3 Å². The van der Waals surface area contributed by atoms with Crippen LogP contribution in [0.1, 0.15) is 16.9 Å². The maximum atomic E-state index is 11.9. The summed E-state index contributed by atoms with van der Waals surface area (Å²) in [6.45, 7) is 0. The summed E-state index contributed by atoms with van der Waals surface area (Å²) < 4.78 is -0.909. The number of rotatable bonds is 4. The normalized spacial score (nSPS) is 19.3. The molecule has 1 aromatic carbocycles. The van der Waals surface area contributed by atoms with E-state index in [1.54, 1.807) is 6.20 Å². The van der Waals surface area contributed by atoms with Gasteiger partial charge in [-0.15, -0.1) is 34.5 Å². The van der Waals surface area contributed by atoms with Crippen LogP contribution in [0.2, 0.25) is 5.02 Å². The maximum absolute atomic E-state index is 11.9. The fourth-order valence-electron chi connectivity index (χ4n) is 1.94. The standard InChI is InChI=1S/C14H11Cl3N2OS/c15-9-3-1-8(2-4-9)5-10-7-18-13(21-10)19-12(20)11-6-14(11,16)17/h1-4,7,11H,5-6H2,(H,18,19,20). The van der Waals surface area contributed by atoms with Crippen LogP contribution in [-0.4, -0.2) is 15.2 Å². The maximum Gasteiger partial charge on any atom is 0.232 e. The number of thiazole rings is 1. The van der Waals surface area contributed by atoms with Crippen molar-refractivity contribution in [3.05, 3.63) is 45.9 Å². The van der Waals surface area contributed by atoms with Gasteiger partial charge in [0.05, 0.1) is 5.92 Å². The van der Waals surface area contributed by atoms with Crippen LogP contribution >= 0.6 is 46.1 Å². The van der Waals surface area contributed by atoms with E-state index >= 15 is 0 Å². The first-order valence-electron chi connectivity index (χ1n) is 6.32. The first-order valence-corrected chi connectivity index (χ1v) is 8.27. The van der Waals surface area contributed by atoms with Crippen molar-refractivity contribution >= 4 is 57.2 Å². The molecule has 1 aromatic heterocycles. The molecule has 0 aliphatic heterocycles. The topological polar surface area (TPSA) is 42.0 Å². The average Bonchev–Trinajstić information content (AvgIpc) is 2.86. The summed E-state index contributed by atoms with van der Waals surface area (Å²) in [6.07, 6.45) is 3.00. The van der Waals surface area contributed by atoms with Gasteiger partial charge in [-0.05, 0) is 24.1 Å². The number of halogens is 3. The van der Waals surface area contributed by atoms with Crippen molar-refractivity contribution in [2.24, 2.45) is 5.92 Å². The van der Waals surface area contributed by atoms with E-state index in [9.17, 15) is 4.79 Å². The zero-order valence-corrected chi connectivity index (χ0v) is 13.9. The van der Waals surface area contributed by atoms with Crippen molar-refractivity contribution in [2.75, 3.05) is 5.32 Å². The van der Waals surface area contributed by atoms with Crippen LogP contribution in [0.25, 0.3) is 0 Å². The van der Waals surface area contributed by atoms with Crippen molar-refractivity contribution in [3.63, 3.8) is 0 Å². The molecule has 3 rings (SSSR count). The van der Waals surface area contributed by atoms with E-state index in [1.807, 2.05) is 24.3 Å². The number of benzene rings is 1. The van der Waals surface area contributed by atoms with Gasteiger partial charge >= 0.3 is 0 Å². The van der Waals surface area contributed by atoms with Gasteiger partial charge in [-0.2, -0.15) is 0 Å². The second-order valence-electron chi connectivity index (χ2n) is 4.94. The minimum Gasteiger partial charge on any atom is -0.302 e. The molecule has 7 heteroatoms. The highest BCUT2D eigenvalue weighted by Gasteiger charge is 2.56. The van der Waals surface area contributed by atoms with Crippen molar-refractivity contribution in [2.45, 2.75) is 17.2 Å². The molecule has 1 amide bonds. The predicted molar refractivity (Wildman–Crippen MR) is 87.5 cm³/mol. The van der Waals surface area contributed by atoms with Gasteiger partial charge in [0.15, 0.2) is 5.13 Å². The van der Waals surface area contributed by atoms with Gasteiger partial charge in [0.2, 0.25) is 5.91 Å². The molecular formula is C14H11Cl3N2OS. The Labute approximate surface area is 141 Å². The van der Waals surface area contributed by atoms with Crippen molar-refractivity contribution < 1.29 is 4.79 Å². The monoisotopic (exact) mass is 360 g/mol. The zero-order chi connectivity index (χ0) is 15.0. The molecule has 1 fully saturated rings. The Hall–Kier alpha value is -0.810. The molecule has 110 valence electrons. The molecule has 1 aliphatic carbocycles. The van der Waals surface area contributed by atoms with Crippen molar-refractivity contribution in [3.8, 4) is 0 Å². The minimum atomic E-state index is -0.909. The number of amides is 1. The molecular weight excluding hydrogens is 351 g/mol. The first kappa shape index (κ1) is 15.1. The van der Waals surface area contributed by atoms with Crippen LogP contribution in [0.3, 0.4) is 0 Å². The average molecular weight is 362 g/mol. The van der Waals surface area contributed by atoms with Crippen molar-refractivity contribution in [1.29, 1.82) is 0 Å². The summed E-state index contributed by atoms with van der Waals surface area (Å²) in [6, 6.07) is 7.65. The third-order valence-corrected chi connectivity index (χ3v) is 5.22. The van der Waals surface area contributed by atoms with E-state index in [4.69, 9.17) is 34.8 Å². The highest BCUT2D eigenvalue weighted by Crippen LogP contribution is 2.53. The summed E-state index contributed by atoms with van der Waals surface area (Å²) in [5.74, 6) is -0.517. The Morgan fingerprint density at radius 1 is 1.38 bits per heavy atom. The number of hydrogen-bond donors (Lipinski definition) is 1. The predicted octanol–water partition coefficient (Wildman–Crippen LogP) is 4.52. The van der Waals surface area contributed by atoms with Gasteiger partial charge < -0.3 is 5.32 Å². The molecule has 1 unspecified atom stereocenters. The van der Waals surface area contributed by atoms with Gasteiger partial charge in [0.1, 0.15) is 4.33 Å². The molecule has 0 spiro atoms. The number of hydrogen-bond acceptors (Lipinski definition) is 3. The first-order chi connectivity index (χ1) is 9.94. The van der Waals surface area contributed by atoms with E-state index in [-0.39, 0.29) is 11.8 Å². The molecule has 1 N–H and O–H groups in total. The third kappa shape index (κ3) is 3.69. The number of alkyl halides is 2. The van der Waals surface area contributed by atoms with Gasteiger partial charge in [-0.25, -0.2) is 4.98 Å². The van der Waals surface area contributed by atoms with Crippen LogP contribution in [0.5, 0.6) is 0 Å². The Bertz CT molecular complexity index is 669. The highest BCUT2D eigenvalue weighted by molar-refractivity contribution is 7.15. The van der Waals surface area contributed by atoms with Gasteiger partial charge in [0.25, 0.3) is 0 Å². The van der Waals surface area contributed by atoms with Crippen LogP contribution < -0.4 is 5.32 Å². The third-order valence-electron chi connectivity index (χ3n) is 3.22. The molecule has 1 aliphatic rings. The molecule has 1 saturated carbocycles. The van der Waals surface area contributed by atoms with Crippen LogP contribution in [0, 0.1) is 5.92 Å². The van der Waals surface area contributed by atoms with Crippen LogP contribution in [0.15, 0.2) is 30.5 Å². The molecule has 0 saturated heterocycles. The molecule has 0 bridgehead atoms. The highest BCUT2D eigenvalue weighted by atomic mass is 35.5. The zero-order valence-electron chi connectivity index (χ0n) is 10.8. The van der Waals surface area contributed by atoms with Gasteiger partial charge in [0, 0.05) is 22.5 Å². The Morgan fingerprint density at radius 2 is 2.05 bits per heavy atom. The summed E-state index contributed by atoms with van der Waals surface area (Å²) in [5, 5.41) is 4.04. The summed E-state index contributed by atoms with van der Waals surface area (Å²) >= 11 is 19.0. The lowest BCUT2D eigenvalue weighted by molar-refractivity contribution is -0.117. The number of nitrogens with one attached hydrogen (secondary N) is 1. The van der Waals surface area contributed by atoms with E-state index in [0.717, 1.165) is 16.9 Å². The molecule has 1 heterocycles. The Morgan fingerprint density at radius 3 is 2.67 bits per heavy atom. The number of nitrogens with zero attached hydrogens (tertiary/aromatic N) is 1. The van der Waals surface area contributed by atoms with Gasteiger partial charge in [-0.1, -0.05) is 23.7 Å². The Kier molecular flexibility index (Phi) is 4.14. The largest absolute Gasteiger partial charge is 0.302 e. The number of carbonyl (C=O) groups excluding carboxylic acids is 1. The van der Waals surface area contributed by atoms with Crippen LogP contribution in [0.4, 0.5) is 5.13 Å². The second kappa shape index (κ2) is 5.76. The van der Waals surface area contributed by atoms with Crippen LogP contribution in [-0.2, 0) is 11.2 Å². The second-order valence-corrected chi connectivity index (χ2v) is 8.04. The number of carbonyl (C=O) groups is 1. The summed E-state index contributed by atoms with van der Waals surface area (Å²) in [4.78, 5) is 17.1. The Balaban J connectivity index is 1.61. The van der Waals surface area contributed by atoms with Gasteiger partial charge in [-0.3, -0.25) is 4.79 Å². The van der Waals surface area contributed by atoms with E-state index in [2.05, 4.69) is 10.3 Å². The molecule has 0 radical (unpaired) electrons. The lowest BCUT2D eigenvalue weighted by atomic mass is 10.1. The summed E-state index contributed by atoms with van der Waals surface area (Å²) in [5.41, 5.74) is 1.14. The van der Waals surface area contributed by atoms with Crippen molar-refractivity contribution in [1.82, 2.24) is 4.98 Å².